The number of para-hydroxylation sites is 1. The van der Waals surface area contributed by atoms with E-state index in [1.807, 2.05) is 18.2 Å². The Bertz CT molecular complexity index is 622. The second-order valence-electron chi connectivity index (χ2n) is 4.30. The summed E-state index contributed by atoms with van der Waals surface area (Å²) in [7, 11) is 1.77. The van der Waals surface area contributed by atoms with Gasteiger partial charge in [0, 0.05) is 14.5 Å². The average molecular weight is 421 g/mol. The first-order valence-corrected chi connectivity index (χ1v) is 7.77. The van der Waals surface area contributed by atoms with Crippen LogP contribution in [-0.4, -0.2) is 13.7 Å². The average Bonchev–Trinajstić information content (AvgIpc) is 2.44. The van der Waals surface area contributed by atoms with Crippen LogP contribution >= 0.6 is 31.9 Å². The number of halogens is 4. The van der Waals surface area contributed by atoms with Crippen molar-refractivity contribution in [3.05, 3.63) is 62.5 Å². The van der Waals surface area contributed by atoms with Crippen LogP contribution in [0.1, 0.15) is 17.2 Å². The number of hydrogen-bond donors (Lipinski definition) is 1. The summed E-state index contributed by atoms with van der Waals surface area (Å²) in [5.41, 5.74) is 1.58. The van der Waals surface area contributed by atoms with Crippen LogP contribution in [0, 0.1) is 0 Å². The van der Waals surface area contributed by atoms with Crippen molar-refractivity contribution in [1.29, 1.82) is 0 Å². The number of hydrogen-bond acceptors (Lipinski definition) is 2. The number of benzene rings is 2. The first-order chi connectivity index (χ1) is 10.0. The molecule has 6 heteroatoms. The predicted molar refractivity (Wildman–Crippen MR) is 85.8 cm³/mol. The number of ether oxygens (including phenoxy) is 1. The first kappa shape index (κ1) is 16.4. The molecular formula is C15H13Br2F2NO. The first-order valence-electron chi connectivity index (χ1n) is 6.19. The molecule has 0 spiro atoms. The van der Waals surface area contributed by atoms with Gasteiger partial charge in [-0.1, -0.05) is 50.1 Å². The third kappa shape index (κ3) is 4.02. The van der Waals surface area contributed by atoms with Gasteiger partial charge in [-0.2, -0.15) is 8.78 Å². The maximum Gasteiger partial charge on any atom is 0.387 e. The molecule has 2 rings (SSSR count). The second-order valence-corrected chi connectivity index (χ2v) is 6.07. The Morgan fingerprint density at radius 3 is 2.43 bits per heavy atom. The Labute approximate surface area is 138 Å². The summed E-state index contributed by atoms with van der Waals surface area (Å²) in [4.78, 5) is 0. The molecular weight excluding hydrogens is 408 g/mol. The highest BCUT2D eigenvalue weighted by atomic mass is 79.9. The zero-order chi connectivity index (χ0) is 15.4. The lowest BCUT2D eigenvalue weighted by atomic mass is 9.98. The van der Waals surface area contributed by atoms with Crippen molar-refractivity contribution in [1.82, 2.24) is 5.32 Å². The van der Waals surface area contributed by atoms with Gasteiger partial charge in [0.15, 0.2) is 0 Å². The molecule has 0 saturated heterocycles. The second kappa shape index (κ2) is 7.33. The molecule has 0 aliphatic carbocycles. The van der Waals surface area contributed by atoms with Crippen LogP contribution in [0.4, 0.5) is 8.78 Å². The SMILES string of the molecule is CNC(c1cc(Br)ccc1Br)c1ccccc1OC(F)F. The van der Waals surface area contributed by atoms with Crippen LogP contribution in [0.3, 0.4) is 0 Å². The van der Waals surface area contributed by atoms with E-state index in [2.05, 4.69) is 41.9 Å². The molecule has 0 saturated carbocycles. The van der Waals surface area contributed by atoms with Gasteiger partial charge in [0.05, 0.1) is 6.04 Å². The molecule has 0 radical (unpaired) electrons. The third-order valence-electron chi connectivity index (χ3n) is 3.00. The van der Waals surface area contributed by atoms with E-state index in [1.165, 1.54) is 6.07 Å². The fourth-order valence-corrected chi connectivity index (χ4v) is 2.99. The van der Waals surface area contributed by atoms with E-state index in [-0.39, 0.29) is 11.8 Å². The predicted octanol–water partition coefficient (Wildman–Crippen LogP) is 5.12. The molecule has 0 heterocycles. The van der Waals surface area contributed by atoms with E-state index in [4.69, 9.17) is 0 Å². The van der Waals surface area contributed by atoms with Crippen LogP contribution in [0.2, 0.25) is 0 Å². The number of nitrogens with one attached hydrogen (secondary N) is 1. The summed E-state index contributed by atoms with van der Waals surface area (Å²) in [6.45, 7) is -2.85. The molecule has 2 aromatic rings. The van der Waals surface area contributed by atoms with Gasteiger partial charge in [-0.05, 0) is 36.9 Å². The van der Waals surface area contributed by atoms with Crippen molar-refractivity contribution in [3.63, 3.8) is 0 Å². The fourth-order valence-electron chi connectivity index (χ4n) is 2.14. The van der Waals surface area contributed by atoms with Gasteiger partial charge < -0.3 is 10.1 Å². The quantitative estimate of drug-likeness (QED) is 0.724. The lowest BCUT2D eigenvalue weighted by Crippen LogP contribution is -2.19. The van der Waals surface area contributed by atoms with Crippen molar-refractivity contribution < 1.29 is 13.5 Å². The molecule has 0 aliphatic heterocycles. The Balaban J connectivity index is 2.49. The topological polar surface area (TPSA) is 21.3 Å². The molecule has 0 aromatic heterocycles. The van der Waals surface area contributed by atoms with Crippen molar-refractivity contribution in [3.8, 4) is 5.75 Å². The molecule has 1 atom stereocenters. The molecule has 0 bridgehead atoms. The minimum absolute atomic E-state index is 0.165. The van der Waals surface area contributed by atoms with Gasteiger partial charge in [0.1, 0.15) is 5.75 Å². The molecule has 0 fully saturated rings. The van der Waals surface area contributed by atoms with Crippen LogP contribution < -0.4 is 10.1 Å². The molecule has 21 heavy (non-hydrogen) atoms. The lowest BCUT2D eigenvalue weighted by Gasteiger charge is -2.21. The fraction of sp³-hybridized carbons (Fsp3) is 0.200. The summed E-state index contributed by atoms with van der Waals surface area (Å²) in [5.74, 6) is 0.165. The van der Waals surface area contributed by atoms with Crippen LogP contribution in [0.25, 0.3) is 0 Å². The van der Waals surface area contributed by atoms with Crippen molar-refractivity contribution in [2.75, 3.05) is 7.05 Å². The molecule has 1 N–H and O–H groups in total. The summed E-state index contributed by atoms with van der Waals surface area (Å²) in [5, 5.41) is 3.14. The summed E-state index contributed by atoms with van der Waals surface area (Å²) < 4.78 is 31.5. The Morgan fingerprint density at radius 2 is 1.76 bits per heavy atom. The van der Waals surface area contributed by atoms with Gasteiger partial charge in [-0.3, -0.25) is 0 Å². The minimum atomic E-state index is -2.85. The monoisotopic (exact) mass is 419 g/mol. The van der Waals surface area contributed by atoms with E-state index in [1.54, 1.807) is 25.2 Å². The highest BCUT2D eigenvalue weighted by Crippen LogP contribution is 2.35. The van der Waals surface area contributed by atoms with Crippen molar-refractivity contribution in [2.24, 2.45) is 0 Å². The number of alkyl halides is 2. The van der Waals surface area contributed by atoms with Crippen molar-refractivity contribution >= 4 is 31.9 Å². The molecule has 1 unspecified atom stereocenters. The van der Waals surface area contributed by atoms with Gasteiger partial charge >= 0.3 is 6.61 Å². The normalized spacial score (nSPS) is 12.5. The molecule has 2 nitrogen and oxygen atoms in total. The summed E-state index contributed by atoms with van der Waals surface area (Å²) in [6.07, 6.45) is 0. The third-order valence-corrected chi connectivity index (χ3v) is 4.22. The molecule has 0 amide bonds. The summed E-state index contributed by atoms with van der Waals surface area (Å²) in [6, 6.07) is 12.2. The van der Waals surface area contributed by atoms with E-state index in [0.29, 0.717) is 5.56 Å². The minimum Gasteiger partial charge on any atom is -0.434 e. The zero-order valence-electron chi connectivity index (χ0n) is 11.1. The molecule has 0 aliphatic rings. The van der Waals surface area contributed by atoms with Crippen LogP contribution in [0.5, 0.6) is 5.75 Å². The van der Waals surface area contributed by atoms with E-state index in [9.17, 15) is 8.78 Å². The highest BCUT2D eigenvalue weighted by molar-refractivity contribution is 9.11. The van der Waals surface area contributed by atoms with Gasteiger partial charge in [-0.15, -0.1) is 0 Å². The smallest absolute Gasteiger partial charge is 0.387 e. The van der Waals surface area contributed by atoms with E-state index < -0.39 is 6.61 Å². The molecule has 2 aromatic carbocycles. The standard InChI is InChI=1S/C15H13Br2F2NO/c1-20-14(11-8-9(16)6-7-12(11)17)10-4-2-3-5-13(10)21-15(18)19/h2-8,14-15,20H,1H3. The van der Waals surface area contributed by atoms with E-state index >= 15 is 0 Å². The summed E-state index contributed by atoms with van der Waals surface area (Å²) >= 11 is 6.92. The lowest BCUT2D eigenvalue weighted by molar-refractivity contribution is -0.0506. The Hall–Kier alpha value is -0.980. The van der Waals surface area contributed by atoms with Crippen LogP contribution in [0.15, 0.2) is 51.4 Å². The largest absolute Gasteiger partial charge is 0.434 e. The Morgan fingerprint density at radius 1 is 1.05 bits per heavy atom. The van der Waals surface area contributed by atoms with Gasteiger partial charge in [0.25, 0.3) is 0 Å². The van der Waals surface area contributed by atoms with Crippen molar-refractivity contribution in [2.45, 2.75) is 12.7 Å². The highest BCUT2D eigenvalue weighted by Gasteiger charge is 2.20. The Kier molecular flexibility index (Phi) is 5.72. The zero-order valence-corrected chi connectivity index (χ0v) is 14.3. The van der Waals surface area contributed by atoms with Gasteiger partial charge in [-0.25, -0.2) is 0 Å². The maximum absolute atomic E-state index is 12.6. The van der Waals surface area contributed by atoms with E-state index in [0.717, 1.165) is 14.5 Å². The maximum atomic E-state index is 12.6. The van der Waals surface area contributed by atoms with Gasteiger partial charge in [0.2, 0.25) is 0 Å². The molecule has 112 valence electrons. The van der Waals surface area contributed by atoms with Crippen LogP contribution in [-0.2, 0) is 0 Å². The number of rotatable bonds is 5.